The number of rotatable bonds is 57. The van der Waals surface area contributed by atoms with Gasteiger partial charge in [-0.25, -0.2) is 0 Å². The summed E-state index contributed by atoms with van der Waals surface area (Å²) in [6.07, 6.45) is 73.9. The van der Waals surface area contributed by atoms with E-state index in [2.05, 4.69) is 69.4 Å². The van der Waals surface area contributed by atoms with Gasteiger partial charge < -0.3 is 14.2 Å². The Balaban J connectivity index is 4.35. The van der Waals surface area contributed by atoms with Gasteiger partial charge in [-0.15, -0.1) is 0 Å². The molecule has 1 atom stereocenters. The standard InChI is InChI=1S/C65H118O6/c1-4-7-10-13-16-19-22-25-28-30-32-34-35-37-40-43-46-49-52-55-58-64(67)70-61-62(60-69-63(66)57-54-51-48-45-42-39-27-24-21-18-15-12-9-6-3)71-65(68)59-56-53-50-47-44-41-38-36-33-31-29-26-23-20-17-14-11-8-5-2/h17,20,24,26-27,29,33,36,62H,4-16,18-19,21-23,25,28,30-32,34-35,37-61H2,1-3H3/b20-17-,27-24-,29-26-,36-33-. The Morgan fingerprint density at radius 2 is 0.507 bits per heavy atom. The van der Waals surface area contributed by atoms with Gasteiger partial charge in [-0.3, -0.25) is 14.4 Å². The van der Waals surface area contributed by atoms with Crippen molar-refractivity contribution in [1.29, 1.82) is 0 Å². The highest BCUT2D eigenvalue weighted by atomic mass is 16.6. The van der Waals surface area contributed by atoms with Gasteiger partial charge in [0.2, 0.25) is 0 Å². The molecule has 0 amide bonds. The minimum atomic E-state index is -0.782. The Bertz CT molecular complexity index is 1230. The summed E-state index contributed by atoms with van der Waals surface area (Å²) in [5.41, 5.74) is 0. The number of ether oxygens (including phenoxy) is 3. The van der Waals surface area contributed by atoms with Gasteiger partial charge in [0.1, 0.15) is 13.2 Å². The van der Waals surface area contributed by atoms with Gasteiger partial charge >= 0.3 is 17.9 Å². The Kier molecular flexibility index (Phi) is 57.7. The molecule has 71 heavy (non-hydrogen) atoms. The zero-order valence-electron chi connectivity index (χ0n) is 47.5. The first kappa shape index (κ1) is 68.4. The van der Waals surface area contributed by atoms with Crippen LogP contribution in [0.5, 0.6) is 0 Å². The van der Waals surface area contributed by atoms with Crippen molar-refractivity contribution in [2.45, 2.75) is 335 Å². The lowest BCUT2D eigenvalue weighted by Gasteiger charge is -2.18. The van der Waals surface area contributed by atoms with Crippen LogP contribution in [0.4, 0.5) is 0 Å². The summed E-state index contributed by atoms with van der Waals surface area (Å²) in [6, 6.07) is 0. The van der Waals surface area contributed by atoms with E-state index in [-0.39, 0.29) is 31.1 Å². The molecule has 6 heteroatoms. The Morgan fingerprint density at radius 1 is 0.282 bits per heavy atom. The largest absolute Gasteiger partial charge is 0.462 e. The van der Waals surface area contributed by atoms with E-state index in [1.807, 2.05) is 0 Å². The summed E-state index contributed by atoms with van der Waals surface area (Å²) in [5.74, 6) is -0.881. The Hall–Kier alpha value is -2.63. The van der Waals surface area contributed by atoms with Crippen LogP contribution in [0.3, 0.4) is 0 Å². The fourth-order valence-corrected chi connectivity index (χ4v) is 9.09. The molecule has 0 heterocycles. The van der Waals surface area contributed by atoms with Gasteiger partial charge in [-0.05, 0) is 83.5 Å². The summed E-state index contributed by atoms with van der Waals surface area (Å²) in [6.45, 7) is 6.63. The molecule has 414 valence electrons. The molecular weight excluding hydrogens is 877 g/mol. The molecule has 0 aliphatic rings. The van der Waals surface area contributed by atoms with Gasteiger partial charge in [0, 0.05) is 19.3 Å². The zero-order valence-corrected chi connectivity index (χ0v) is 47.5. The third-order valence-corrected chi connectivity index (χ3v) is 13.8. The number of carbonyl (C=O) groups is 3. The normalized spacial score (nSPS) is 12.3. The number of esters is 3. The fourth-order valence-electron chi connectivity index (χ4n) is 9.09. The lowest BCUT2D eigenvalue weighted by atomic mass is 10.0. The molecule has 0 rings (SSSR count). The minimum Gasteiger partial charge on any atom is -0.462 e. The van der Waals surface area contributed by atoms with Crippen LogP contribution in [0.1, 0.15) is 329 Å². The van der Waals surface area contributed by atoms with Crippen LogP contribution < -0.4 is 0 Å². The predicted molar refractivity (Wildman–Crippen MR) is 307 cm³/mol. The Morgan fingerprint density at radius 3 is 0.831 bits per heavy atom. The van der Waals surface area contributed by atoms with Crippen molar-refractivity contribution < 1.29 is 28.6 Å². The summed E-state index contributed by atoms with van der Waals surface area (Å²) in [5, 5.41) is 0. The monoisotopic (exact) mass is 995 g/mol. The molecule has 1 unspecified atom stereocenters. The second kappa shape index (κ2) is 59.9. The molecule has 0 saturated carbocycles. The molecule has 0 radical (unpaired) electrons. The molecule has 6 nitrogen and oxygen atoms in total. The number of hydrogen-bond donors (Lipinski definition) is 0. The number of unbranched alkanes of at least 4 members (excludes halogenated alkanes) is 38. The second-order valence-electron chi connectivity index (χ2n) is 21.0. The van der Waals surface area contributed by atoms with Crippen LogP contribution >= 0.6 is 0 Å². The molecule has 0 aliphatic carbocycles. The van der Waals surface area contributed by atoms with Crippen LogP contribution in [-0.2, 0) is 28.6 Å². The van der Waals surface area contributed by atoms with Crippen LogP contribution in [0, 0.1) is 0 Å². The van der Waals surface area contributed by atoms with E-state index in [1.165, 1.54) is 199 Å². The van der Waals surface area contributed by atoms with E-state index in [4.69, 9.17) is 14.2 Å². The van der Waals surface area contributed by atoms with Crippen molar-refractivity contribution in [3.63, 3.8) is 0 Å². The highest BCUT2D eigenvalue weighted by Crippen LogP contribution is 2.17. The maximum atomic E-state index is 12.9. The van der Waals surface area contributed by atoms with Crippen molar-refractivity contribution in [3.05, 3.63) is 48.6 Å². The molecule has 0 N–H and O–H groups in total. The van der Waals surface area contributed by atoms with Crippen molar-refractivity contribution >= 4 is 17.9 Å². The van der Waals surface area contributed by atoms with Crippen molar-refractivity contribution in [1.82, 2.24) is 0 Å². The highest BCUT2D eigenvalue weighted by Gasteiger charge is 2.19. The first-order valence-electron chi connectivity index (χ1n) is 31.1. The van der Waals surface area contributed by atoms with Crippen LogP contribution in [0.2, 0.25) is 0 Å². The maximum Gasteiger partial charge on any atom is 0.306 e. The molecule has 0 aromatic carbocycles. The lowest BCUT2D eigenvalue weighted by molar-refractivity contribution is -0.167. The molecule has 0 bridgehead atoms. The SMILES string of the molecule is CCCCC/C=C\C/C=C\C/C=C\CCCCCCCCC(=O)OC(COC(=O)CCCCCCC/C=C\CCCCCCC)COC(=O)CCCCCCCCCCCCCCCCCCCCCC. The van der Waals surface area contributed by atoms with Crippen LogP contribution in [-0.4, -0.2) is 37.2 Å². The van der Waals surface area contributed by atoms with E-state index < -0.39 is 6.10 Å². The first-order valence-corrected chi connectivity index (χ1v) is 31.1. The zero-order chi connectivity index (χ0) is 51.4. The third-order valence-electron chi connectivity index (χ3n) is 13.8. The van der Waals surface area contributed by atoms with E-state index in [1.54, 1.807) is 0 Å². The Labute approximate surface area is 441 Å². The summed E-state index contributed by atoms with van der Waals surface area (Å²) >= 11 is 0. The van der Waals surface area contributed by atoms with Crippen molar-refractivity contribution in [2.75, 3.05) is 13.2 Å². The third kappa shape index (κ3) is 58.1. The van der Waals surface area contributed by atoms with Crippen LogP contribution in [0.25, 0.3) is 0 Å². The van der Waals surface area contributed by atoms with Gasteiger partial charge in [-0.1, -0.05) is 275 Å². The van der Waals surface area contributed by atoms with E-state index in [0.717, 1.165) is 89.9 Å². The maximum absolute atomic E-state index is 12.9. The lowest BCUT2D eigenvalue weighted by Crippen LogP contribution is -2.30. The van der Waals surface area contributed by atoms with E-state index >= 15 is 0 Å². The molecular formula is C65H118O6. The van der Waals surface area contributed by atoms with Gasteiger partial charge in [0.25, 0.3) is 0 Å². The summed E-state index contributed by atoms with van der Waals surface area (Å²) in [7, 11) is 0. The minimum absolute atomic E-state index is 0.0778. The fraction of sp³-hybridized carbons (Fsp3) is 0.831. The van der Waals surface area contributed by atoms with Gasteiger partial charge in [-0.2, -0.15) is 0 Å². The van der Waals surface area contributed by atoms with Gasteiger partial charge in [0.05, 0.1) is 0 Å². The smallest absolute Gasteiger partial charge is 0.306 e. The van der Waals surface area contributed by atoms with E-state index in [9.17, 15) is 14.4 Å². The van der Waals surface area contributed by atoms with Gasteiger partial charge in [0.15, 0.2) is 6.10 Å². The second-order valence-corrected chi connectivity index (χ2v) is 21.0. The molecule has 0 aliphatic heterocycles. The molecule has 0 aromatic rings. The van der Waals surface area contributed by atoms with Crippen LogP contribution in [0.15, 0.2) is 48.6 Å². The topological polar surface area (TPSA) is 78.9 Å². The molecule has 0 aromatic heterocycles. The number of allylic oxidation sites excluding steroid dienone is 8. The molecule has 0 saturated heterocycles. The summed E-state index contributed by atoms with van der Waals surface area (Å²) in [4.78, 5) is 38.3. The predicted octanol–water partition coefficient (Wildman–Crippen LogP) is 21.0. The van der Waals surface area contributed by atoms with Crippen molar-refractivity contribution in [3.8, 4) is 0 Å². The van der Waals surface area contributed by atoms with E-state index in [0.29, 0.717) is 19.3 Å². The number of carbonyl (C=O) groups excluding carboxylic acids is 3. The molecule has 0 fully saturated rings. The quantitative estimate of drug-likeness (QED) is 0.0261. The first-order chi connectivity index (χ1) is 35.0. The summed E-state index contributed by atoms with van der Waals surface area (Å²) < 4.78 is 16.9. The highest BCUT2D eigenvalue weighted by molar-refractivity contribution is 5.71. The van der Waals surface area contributed by atoms with Crippen molar-refractivity contribution in [2.24, 2.45) is 0 Å². The number of hydrogen-bond acceptors (Lipinski definition) is 6. The molecule has 0 spiro atoms. The average molecular weight is 996 g/mol. The average Bonchev–Trinajstić information content (AvgIpc) is 3.37.